The number of hydrogen-bond donors (Lipinski definition) is 14. The van der Waals surface area contributed by atoms with E-state index < -0.39 is 108 Å². The summed E-state index contributed by atoms with van der Waals surface area (Å²) >= 11 is 0. The Balaban J connectivity index is 6.70. The Morgan fingerprint density at radius 2 is 0.587 bits per heavy atom. The number of nitrogens with one attached hydrogen (secondary N) is 8. The molecule has 75 heavy (non-hydrogen) atoms. The number of nitrogens with zero attached hydrogens (tertiary/aromatic N) is 2. The van der Waals surface area contributed by atoms with Crippen LogP contribution < -0.4 is 71.2 Å². The summed E-state index contributed by atoms with van der Waals surface area (Å²) in [5, 5.41) is 30.8. The predicted molar refractivity (Wildman–Crippen MR) is 289 cm³/mol. The van der Waals surface area contributed by atoms with Crippen LogP contribution in [0, 0.1) is 0 Å². The van der Waals surface area contributed by atoms with Crippen molar-refractivity contribution < 1.29 is 48.3 Å². The average molecular weight is 1070 g/mol. The number of carboxylic acids is 1. The van der Waals surface area contributed by atoms with E-state index in [2.05, 4.69) is 52.5 Å². The van der Waals surface area contributed by atoms with Gasteiger partial charge in [-0.1, -0.05) is 119 Å². The molecular formula is C50H95N15O10. The van der Waals surface area contributed by atoms with E-state index in [0.29, 0.717) is 77.0 Å². The van der Waals surface area contributed by atoms with Gasteiger partial charge in [-0.3, -0.25) is 53.1 Å². The van der Waals surface area contributed by atoms with E-state index in [0.717, 1.165) is 6.42 Å². The molecule has 0 bridgehead atoms. The van der Waals surface area contributed by atoms with Crippen LogP contribution in [0.1, 0.15) is 183 Å². The third-order valence-corrected chi connectivity index (χ3v) is 12.2. The van der Waals surface area contributed by atoms with Crippen molar-refractivity contribution in [3.63, 3.8) is 0 Å². The van der Waals surface area contributed by atoms with Gasteiger partial charge in [0.05, 0.1) is 6.04 Å². The molecule has 25 heteroatoms. The second-order valence-electron chi connectivity index (χ2n) is 18.9. The molecule has 0 aliphatic carbocycles. The number of guanidine groups is 2. The normalized spacial score (nSPS) is 14.1. The monoisotopic (exact) mass is 1070 g/mol. The quantitative estimate of drug-likeness (QED) is 0.0220. The predicted octanol–water partition coefficient (Wildman–Crippen LogP) is 0.156. The molecule has 8 amide bonds. The Kier molecular flexibility index (Phi) is 37.6. The summed E-state index contributed by atoms with van der Waals surface area (Å²) < 4.78 is 0. The van der Waals surface area contributed by atoms with Gasteiger partial charge in [0.1, 0.15) is 48.8 Å². The van der Waals surface area contributed by atoms with Gasteiger partial charge in [-0.15, -0.1) is 0 Å². The Hall–Kier alpha value is -6.27. The molecule has 0 radical (unpaired) electrons. The third kappa shape index (κ3) is 31.3. The second-order valence-corrected chi connectivity index (χ2v) is 18.9. The second kappa shape index (κ2) is 41.0. The maximum absolute atomic E-state index is 14.3. The summed E-state index contributed by atoms with van der Waals surface area (Å²) in [5.41, 5.74) is 28.0. The Labute approximate surface area is 444 Å². The largest absolute Gasteiger partial charge is 0.480 e. The van der Waals surface area contributed by atoms with E-state index in [4.69, 9.17) is 33.8 Å². The van der Waals surface area contributed by atoms with Crippen LogP contribution in [0.3, 0.4) is 0 Å². The van der Waals surface area contributed by atoms with Crippen LogP contribution in [-0.2, 0) is 43.2 Å². The fraction of sp³-hybridized carbons (Fsp3) is 0.780. The highest BCUT2D eigenvalue weighted by Crippen LogP contribution is 2.12. The molecule has 0 aromatic carbocycles. The van der Waals surface area contributed by atoms with Crippen LogP contribution in [0.5, 0.6) is 0 Å². The third-order valence-electron chi connectivity index (χ3n) is 12.2. The van der Waals surface area contributed by atoms with Gasteiger partial charge in [-0.2, -0.15) is 0 Å². The van der Waals surface area contributed by atoms with E-state index in [-0.39, 0.29) is 82.8 Å². The Bertz CT molecular complexity index is 1810. The number of carboxylic acid groups (broad SMARTS) is 1. The van der Waals surface area contributed by atoms with Crippen LogP contribution >= 0.6 is 0 Å². The number of nitrogens with two attached hydrogens (primary N) is 5. The summed E-state index contributed by atoms with van der Waals surface area (Å²) in [6.45, 7) is 11.2. The number of unbranched alkanes of at least 4 members (excludes halogenated alkanes) is 6. The highest BCUT2D eigenvalue weighted by Gasteiger charge is 2.34. The molecular weight excluding hydrogens is 971 g/mol. The van der Waals surface area contributed by atoms with Gasteiger partial charge in [0.2, 0.25) is 47.3 Å². The molecule has 0 saturated heterocycles. The molecule has 0 aromatic rings. The molecule has 8 atom stereocenters. The van der Waals surface area contributed by atoms with Gasteiger partial charge in [-0.25, -0.2) is 0 Å². The Morgan fingerprint density at radius 3 is 0.827 bits per heavy atom. The van der Waals surface area contributed by atoms with Crippen molar-refractivity contribution in [3.05, 3.63) is 0 Å². The van der Waals surface area contributed by atoms with Crippen LogP contribution in [0.4, 0.5) is 0 Å². The first-order chi connectivity index (χ1) is 35.7. The highest BCUT2D eigenvalue weighted by molar-refractivity contribution is 5.98. The molecule has 0 spiro atoms. The van der Waals surface area contributed by atoms with Crippen LogP contribution in [0.2, 0.25) is 0 Å². The number of carbonyl (C=O) groups excluding carboxylic acids is 8. The van der Waals surface area contributed by atoms with Crippen molar-refractivity contribution in [2.75, 3.05) is 19.6 Å². The van der Waals surface area contributed by atoms with Gasteiger partial charge in [-0.05, 0) is 64.2 Å². The zero-order valence-corrected chi connectivity index (χ0v) is 45.7. The Morgan fingerprint density at radius 1 is 0.360 bits per heavy atom. The van der Waals surface area contributed by atoms with E-state index >= 15 is 0 Å². The van der Waals surface area contributed by atoms with Crippen LogP contribution in [-0.4, -0.2) is 138 Å². The molecule has 0 rings (SSSR count). The maximum atomic E-state index is 14.3. The van der Waals surface area contributed by atoms with Gasteiger partial charge in [0.15, 0.2) is 11.9 Å². The van der Waals surface area contributed by atoms with Gasteiger partial charge < -0.3 is 76.3 Å². The van der Waals surface area contributed by atoms with Crippen LogP contribution in [0.15, 0.2) is 9.98 Å². The van der Waals surface area contributed by atoms with Crippen molar-refractivity contribution in [2.24, 2.45) is 38.7 Å². The summed E-state index contributed by atoms with van der Waals surface area (Å²) in [4.78, 5) is 130. The molecule has 0 heterocycles. The first-order valence-corrected chi connectivity index (χ1v) is 27.2. The lowest BCUT2D eigenvalue weighted by molar-refractivity contribution is -0.138. The van der Waals surface area contributed by atoms with Crippen molar-refractivity contribution in [1.29, 1.82) is 0 Å². The van der Waals surface area contributed by atoms with E-state index in [1.807, 2.05) is 41.5 Å². The minimum Gasteiger partial charge on any atom is -0.480 e. The van der Waals surface area contributed by atoms with Crippen LogP contribution in [0.25, 0.3) is 0 Å². The summed E-state index contributed by atoms with van der Waals surface area (Å²) in [5.74, 6) is -6.73. The molecule has 0 aliphatic heterocycles. The van der Waals surface area contributed by atoms with Gasteiger partial charge >= 0.3 is 5.97 Å². The molecule has 0 fully saturated rings. The SMILES string of the molecule is CCCC[C@@H](NC(=O)[C@H](N)CCCN=C(N)N)C(=O)N[C@H](CCCC)C(=O)N[C@H](CCCC)C(=O)N[C@H](CCCN=C(N)N)C(=O)N[C@H](CCCC)C(=O)N[C@H](CCCC)C(=O)N[C@H](CCCC)C(=O)NCC(=O)O. The lowest BCUT2D eigenvalue weighted by atomic mass is 10.0. The summed E-state index contributed by atoms with van der Waals surface area (Å²) in [6.07, 6.45) is 9.43. The zero-order chi connectivity index (χ0) is 56.7. The highest BCUT2D eigenvalue weighted by atomic mass is 16.4. The molecule has 0 aliphatic rings. The minimum absolute atomic E-state index is 0.00944. The fourth-order valence-electron chi connectivity index (χ4n) is 7.68. The van der Waals surface area contributed by atoms with Crippen molar-refractivity contribution in [2.45, 2.75) is 231 Å². The number of amides is 8. The first kappa shape index (κ1) is 68.7. The first-order valence-electron chi connectivity index (χ1n) is 27.2. The van der Waals surface area contributed by atoms with Crippen molar-refractivity contribution >= 4 is 65.1 Å². The standard InChI is InChI=1S/C50H95N15O10/c1-7-13-22-33(42(69)58-31-40(66)67)60-44(71)35(24-15-9-3)62-46(73)37(26-17-11-5)64-48(75)39(28-20-30-57-50(54)55)65-47(74)38(27-18-12-6)63-45(72)36(25-16-10-4)61-43(70)34(23-14-8-2)59-41(68)32(51)21-19-29-56-49(52)53/h32-39H,7-31,51H2,1-6H3,(H,58,69)(H,59,68)(H,60,71)(H,61,70)(H,62,73)(H,63,72)(H,64,75)(H,65,74)(H,66,67)(H4,52,53,56)(H4,54,55,57)/t32-,33-,34-,35-,36-,37-,38-,39-/m1/s1. The smallest absolute Gasteiger partial charge is 0.322 e. The van der Waals surface area contributed by atoms with E-state index in [1.165, 1.54) is 0 Å². The molecule has 19 N–H and O–H groups in total. The fourth-order valence-corrected chi connectivity index (χ4v) is 7.68. The zero-order valence-electron chi connectivity index (χ0n) is 45.7. The number of aliphatic imine (C=N–C) groups is 2. The van der Waals surface area contributed by atoms with Gasteiger partial charge in [0.25, 0.3) is 0 Å². The molecule has 25 nitrogen and oxygen atoms in total. The molecule has 430 valence electrons. The number of hydrogen-bond acceptors (Lipinski definition) is 12. The van der Waals surface area contributed by atoms with Gasteiger partial charge in [0, 0.05) is 13.1 Å². The lowest BCUT2D eigenvalue weighted by Gasteiger charge is -2.28. The topological polar surface area (TPSA) is 425 Å². The molecule has 0 saturated carbocycles. The number of aliphatic carboxylic acids is 1. The van der Waals surface area contributed by atoms with Crippen molar-refractivity contribution in [1.82, 2.24) is 42.5 Å². The van der Waals surface area contributed by atoms with E-state index in [1.54, 1.807) is 0 Å². The van der Waals surface area contributed by atoms with Crippen molar-refractivity contribution in [3.8, 4) is 0 Å². The lowest BCUT2D eigenvalue weighted by Crippen LogP contribution is -2.60. The maximum Gasteiger partial charge on any atom is 0.322 e. The minimum atomic E-state index is -1.26. The molecule has 0 aromatic heterocycles. The van der Waals surface area contributed by atoms with E-state index in [9.17, 15) is 43.2 Å². The molecule has 0 unspecified atom stereocenters. The number of carbonyl (C=O) groups is 9. The number of rotatable bonds is 43. The average Bonchev–Trinajstić information content (AvgIpc) is 3.37. The summed E-state index contributed by atoms with van der Waals surface area (Å²) in [7, 11) is 0. The summed E-state index contributed by atoms with van der Waals surface area (Å²) in [6, 6.07) is -8.82.